The fourth-order valence-corrected chi connectivity index (χ4v) is 3.38. The van der Waals surface area contributed by atoms with E-state index in [0.29, 0.717) is 37.2 Å². The highest BCUT2D eigenvalue weighted by Crippen LogP contribution is 2.13. The lowest BCUT2D eigenvalue weighted by Crippen LogP contribution is -2.48. The van der Waals surface area contributed by atoms with Crippen LogP contribution in [0.15, 0.2) is 42.7 Å². The smallest absolute Gasteiger partial charge is 0.255 e. The van der Waals surface area contributed by atoms with Crippen molar-refractivity contribution in [2.24, 2.45) is 0 Å². The highest BCUT2D eigenvalue weighted by Gasteiger charge is 2.22. The van der Waals surface area contributed by atoms with Crippen molar-refractivity contribution in [2.75, 3.05) is 46.4 Å². The molecule has 1 aromatic carbocycles. The maximum atomic E-state index is 12.8. The molecular formula is C22H28N4O3. The molecule has 0 aliphatic carbocycles. The van der Waals surface area contributed by atoms with Crippen LogP contribution in [0.5, 0.6) is 5.75 Å². The van der Waals surface area contributed by atoms with E-state index in [9.17, 15) is 9.59 Å². The van der Waals surface area contributed by atoms with Gasteiger partial charge < -0.3 is 19.9 Å². The zero-order valence-corrected chi connectivity index (χ0v) is 17.1. The number of rotatable bonds is 7. The summed E-state index contributed by atoms with van der Waals surface area (Å²) in [4.78, 5) is 33.5. The van der Waals surface area contributed by atoms with Gasteiger partial charge in [-0.2, -0.15) is 0 Å². The quantitative estimate of drug-likeness (QED) is 0.773. The minimum Gasteiger partial charge on any atom is -0.497 e. The van der Waals surface area contributed by atoms with Gasteiger partial charge in [-0.3, -0.25) is 14.6 Å². The molecule has 1 aliphatic rings. The number of hydrogen-bond acceptors (Lipinski definition) is 5. The summed E-state index contributed by atoms with van der Waals surface area (Å²) in [5.74, 6) is 0.495. The number of likely N-dealkylation sites (N-methyl/N-ethyl adjacent to an activating group) is 1. The Balaban J connectivity index is 1.55. The number of nitrogens with one attached hydrogen (secondary N) is 1. The first-order valence-electron chi connectivity index (χ1n) is 9.98. The molecule has 154 valence electrons. The Morgan fingerprint density at radius 2 is 1.86 bits per heavy atom. The Hall–Kier alpha value is -2.93. The molecule has 29 heavy (non-hydrogen) atoms. The summed E-state index contributed by atoms with van der Waals surface area (Å²) in [6.45, 7) is 6.75. The molecule has 0 saturated carbocycles. The molecule has 7 heteroatoms. The summed E-state index contributed by atoms with van der Waals surface area (Å²) in [7, 11) is 1.63. The first kappa shape index (κ1) is 20.8. The van der Waals surface area contributed by atoms with Gasteiger partial charge in [0.05, 0.1) is 18.2 Å². The maximum Gasteiger partial charge on any atom is 0.255 e. The summed E-state index contributed by atoms with van der Waals surface area (Å²) >= 11 is 0. The highest BCUT2D eigenvalue weighted by molar-refractivity contribution is 5.99. The van der Waals surface area contributed by atoms with Crippen molar-refractivity contribution in [3.63, 3.8) is 0 Å². The van der Waals surface area contributed by atoms with Crippen LogP contribution in [0.3, 0.4) is 0 Å². The number of amides is 2. The normalized spacial score (nSPS) is 14.5. The van der Waals surface area contributed by atoms with E-state index < -0.39 is 0 Å². The number of pyridine rings is 1. The lowest BCUT2D eigenvalue weighted by atomic mass is 10.1. The fourth-order valence-electron chi connectivity index (χ4n) is 3.38. The highest BCUT2D eigenvalue weighted by atomic mass is 16.5. The van der Waals surface area contributed by atoms with Crippen molar-refractivity contribution in [2.45, 2.75) is 13.3 Å². The van der Waals surface area contributed by atoms with Gasteiger partial charge in [-0.15, -0.1) is 0 Å². The van der Waals surface area contributed by atoms with Crippen LogP contribution in [0, 0.1) is 0 Å². The lowest BCUT2D eigenvalue weighted by Gasteiger charge is -2.34. The van der Waals surface area contributed by atoms with Crippen LogP contribution < -0.4 is 10.1 Å². The van der Waals surface area contributed by atoms with Crippen molar-refractivity contribution < 1.29 is 14.3 Å². The van der Waals surface area contributed by atoms with Crippen molar-refractivity contribution in [3.8, 4) is 5.75 Å². The van der Waals surface area contributed by atoms with Crippen molar-refractivity contribution in [1.29, 1.82) is 0 Å². The molecule has 0 atom stereocenters. The van der Waals surface area contributed by atoms with E-state index in [1.165, 1.54) is 12.4 Å². The molecule has 0 bridgehead atoms. The number of benzene rings is 1. The van der Waals surface area contributed by atoms with Crippen LogP contribution in [0.2, 0.25) is 0 Å². The Morgan fingerprint density at radius 3 is 2.59 bits per heavy atom. The van der Waals surface area contributed by atoms with E-state index in [1.54, 1.807) is 13.2 Å². The van der Waals surface area contributed by atoms with Gasteiger partial charge in [0.15, 0.2) is 0 Å². The zero-order valence-electron chi connectivity index (χ0n) is 17.1. The Bertz CT molecular complexity index is 847. The molecular weight excluding hydrogens is 368 g/mol. The largest absolute Gasteiger partial charge is 0.497 e. The molecule has 0 radical (unpaired) electrons. The summed E-state index contributed by atoms with van der Waals surface area (Å²) < 4.78 is 5.22. The van der Waals surface area contributed by atoms with E-state index >= 15 is 0 Å². The molecule has 1 aliphatic heterocycles. The first-order valence-corrected chi connectivity index (χ1v) is 9.98. The van der Waals surface area contributed by atoms with Crippen molar-refractivity contribution >= 4 is 11.8 Å². The number of aromatic nitrogens is 1. The van der Waals surface area contributed by atoms with Crippen molar-refractivity contribution in [3.05, 3.63) is 59.4 Å². The molecule has 7 nitrogen and oxygen atoms in total. The van der Waals surface area contributed by atoms with E-state index in [1.807, 2.05) is 29.2 Å². The van der Waals surface area contributed by atoms with Crippen LogP contribution in [0.1, 0.15) is 33.2 Å². The number of methoxy groups -OCH3 is 1. The maximum absolute atomic E-state index is 12.8. The monoisotopic (exact) mass is 396 g/mol. The Kier molecular flexibility index (Phi) is 7.19. The van der Waals surface area contributed by atoms with Crippen LogP contribution in [0.25, 0.3) is 0 Å². The van der Waals surface area contributed by atoms with Gasteiger partial charge in [0.1, 0.15) is 5.75 Å². The summed E-state index contributed by atoms with van der Waals surface area (Å²) in [6.07, 6.45) is 3.71. The van der Waals surface area contributed by atoms with Crippen molar-refractivity contribution in [1.82, 2.24) is 20.1 Å². The van der Waals surface area contributed by atoms with Gasteiger partial charge in [-0.1, -0.05) is 19.1 Å². The molecule has 0 unspecified atom stereocenters. The molecule has 2 heterocycles. The molecule has 2 amide bonds. The fraction of sp³-hybridized carbons (Fsp3) is 0.409. The van der Waals surface area contributed by atoms with Gasteiger partial charge in [0.25, 0.3) is 11.8 Å². The minimum atomic E-state index is -0.231. The number of ether oxygens (including phenoxy) is 1. The van der Waals surface area contributed by atoms with Gasteiger partial charge in [0, 0.05) is 45.1 Å². The number of nitrogens with zero attached hydrogens (tertiary/aromatic N) is 3. The topological polar surface area (TPSA) is 74.8 Å². The van der Waals surface area contributed by atoms with Gasteiger partial charge in [-0.25, -0.2) is 0 Å². The second-order valence-corrected chi connectivity index (χ2v) is 7.05. The number of piperazine rings is 1. The molecule has 1 saturated heterocycles. The number of carbonyl (C=O) groups is 2. The molecule has 1 fully saturated rings. The predicted molar refractivity (Wildman–Crippen MR) is 111 cm³/mol. The average Bonchev–Trinajstić information content (AvgIpc) is 2.78. The van der Waals surface area contributed by atoms with E-state index in [2.05, 4.69) is 22.1 Å². The number of hydrogen-bond donors (Lipinski definition) is 1. The SMILES string of the molecule is CCN1CCN(C(=O)c2cncc(C(=O)NCCc3cccc(OC)c3)c2)CC1. The van der Waals surface area contributed by atoms with E-state index in [4.69, 9.17) is 4.74 Å². The van der Waals surface area contributed by atoms with Crippen LogP contribution in [0.4, 0.5) is 0 Å². The van der Waals surface area contributed by atoms with Gasteiger partial charge >= 0.3 is 0 Å². The third-order valence-electron chi connectivity index (χ3n) is 5.19. The molecule has 3 rings (SSSR count). The molecule has 1 aromatic heterocycles. The number of carbonyl (C=O) groups excluding carboxylic acids is 2. The third kappa shape index (κ3) is 5.54. The molecule has 0 spiro atoms. The summed E-state index contributed by atoms with van der Waals surface area (Å²) in [5, 5.41) is 2.89. The van der Waals surface area contributed by atoms with Crippen LogP contribution in [-0.2, 0) is 6.42 Å². The Labute approximate surface area is 171 Å². The third-order valence-corrected chi connectivity index (χ3v) is 5.19. The van der Waals surface area contributed by atoms with Crippen LogP contribution >= 0.6 is 0 Å². The predicted octanol–water partition coefficient (Wildman–Crippen LogP) is 1.84. The Morgan fingerprint density at radius 1 is 1.10 bits per heavy atom. The second kappa shape index (κ2) is 10.0. The summed E-state index contributed by atoms with van der Waals surface area (Å²) in [6, 6.07) is 9.38. The van der Waals surface area contributed by atoms with E-state index in [-0.39, 0.29) is 11.8 Å². The van der Waals surface area contributed by atoms with E-state index in [0.717, 1.165) is 30.9 Å². The van der Waals surface area contributed by atoms with Gasteiger partial charge in [-0.05, 0) is 36.7 Å². The second-order valence-electron chi connectivity index (χ2n) is 7.05. The standard InChI is InChI=1S/C22H28N4O3/c1-3-25-9-11-26(12-10-25)22(28)19-14-18(15-23-16-19)21(27)24-8-7-17-5-4-6-20(13-17)29-2/h4-6,13-16H,3,7-12H2,1-2H3,(H,24,27). The summed E-state index contributed by atoms with van der Waals surface area (Å²) in [5.41, 5.74) is 1.93. The lowest BCUT2D eigenvalue weighted by molar-refractivity contribution is 0.0643. The molecule has 2 aromatic rings. The zero-order chi connectivity index (χ0) is 20.6. The van der Waals surface area contributed by atoms with Gasteiger partial charge in [0.2, 0.25) is 0 Å². The average molecular weight is 396 g/mol. The molecule has 1 N–H and O–H groups in total. The first-order chi connectivity index (χ1) is 14.1. The minimum absolute atomic E-state index is 0.0701. The van der Waals surface area contributed by atoms with Crippen LogP contribution in [-0.4, -0.2) is 73.0 Å².